The number of aromatic nitrogens is 3. The Morgan fingerprint density at radius 3 is 1.79 bits per heavy atom. The second-order valence-electron chi connectivity index (χ2n) is 22.0. The van der Waals surface area contributed by atoms with Crippen molar-refractivity contribution >= 4 is 11.0 Å². The third-order valence-electron chi connectivity index (χ3n) is 13.0. The third kappa shape index (κ3) is 9.57. The van der Waals surface area contributed by atoms with Crippen LogP contribution in [-0.2, 0) is 21.7 Å². The molecule has 0 unspecified atom stereocenters. The summed E-state index contributed by atoms with van der Waals surface area (Å²) >= 11 is 0. The van der Waals surface area contributed by atoms with Crippen LogP contribution in [0.25, 0.3) is 72.7 Å². The number of imidazole rings is 1. The number of aromatic hydroxyl groups is 1. The molecule has 0 fully saturated rings. The summed E-state index contributed by atoms with van der Waals surface area (Å²) in [7, 11) is 0. The number of benzene rings is 6. The van der Waals surface area contributed by atoms with E-state index in [1.165, 1.54) is 17.8 Å². The van der Waals surface area contributed by atoms with Crippen molar-refractivity contribution in [1.29, 1.82) is 0 Å². The molecule has 8 aromatic rings. The van der Waals surface area contributed by atoms with Crippen LogP contribution in [0.4, 0.5) is 0 Å². The molecule has 8 rings (SSSR count). The van der Waals surface area contributed by atoms with Crippen LogP contribution in [0.3, 0.4) is 0 Å². The van der Waals surface area contributed by atoms with E-state index in [4.69, 9.17) is 25.0 Å². The minimum absolute atomic E-state index is 0.00367. The van der Waals surface area contributed by atoms with Crippen LogP contribution in [0.15, 0.2) is 133 Å². The van der Waals surface area contributed by atoms with E-state index in [1.807, 2.05) is 30.3 Å². The van der Waals surface area contributed by atoms with E-state index >= 15 is 0 Å². The third-order valence-corrected chi connectivity index (χ3v) is 13.0. The first-order valence-corrected chi connectivity index (χ1v) is 23.6. The SMILES string of the molecule is [2H]c1c([2H])c(C(C([2H])([2H])[2H])(C([2H])([2H])[2H])C([2H])([2H])[2H])c([2H])c([2H])c1-c1ccnc(-c2cc(-c3cccc4c3nc(-c3cc(C(C)C)cc(C(C)C)c3O)n4-c3ccc(C(C)(C)C)cc3-c3ccc(C(C)(C)C)cc3)cc(C(C)(C)C)c2)c1. The van der Waals surface area contributed by atoms with Gasteiger partial charge in [0, 0.05) is 35.2 Å². The molecule has 6 aromatic carbocycles. The number of phenolic OH excluding ortho intramolecular Hbond substituents is 1. The number of fused-ring (bicyclic) bond motifs is 1. The molecular formula is C64H73N3O. The summed E-state index contributed by atoms with van der Waals surface area (Å²) in [6.07, 6.45) is 1.45. The number of rotatable bonds is 8. The predicted octanol–water partition coefficient (Wildman–Crippen LogP) is 17.9. The van der Waals surface area contributed by atoms with Crippen molar-refractivity contribution in [2.24, 2.45) is 0 Å². The van der Waals surface area contributed by atoms with E-state index in [0.29, 0.717) is 28.2 Å². The van der Waals surface area contributed by atoms with Crippen LogP contribution in [0.5, 0.6) is 5.75 Å². The summed E-state index contributed by atoms with van der Waals surface area (Å²) < 4.78 is 113. The maximum absolute atomic E-state index is 12.5. The van der Waals surface area contributed by atoms with E-state index in [-0.39, 0.29) is 39.5 Å². The molecule has 1 N–H and O–H groups in total. The van der Waals surface area contributed by atoms with Crippen LogP contribution in [0.1, 0.15) is 174 Å². The summed E-state index contributed by atoms with van der Waals surface area (Å²) in [5, 5.41) is 12.5. The summed E-state index contributed by atoms with van der Waals surface area (Å²) in [5.41, 5.74) is 6.79. The first-order valence-electron chi connectivity index (χ1n) is 30.1. The van der Waals surface area contributed by atoms with Gasteiger partial charge < -0.3 is 5.11 Å². The Labute approximate surface area is 425 Å². The largest absolute Gasteiger partial charge is 0.507 e. The molecule has 0 aliphatic rings. The topological polar surface area (TPSA) is 50.9 Å². The maximum Gasteiger partial charge on any atom is 0.149 e. The molecule has 2 heterocycles. The molecule has 0 radical (unpaired) electrons. The van der Waals surface area contributed by atoms with Gasteiger partial charge in [0.1, 0.15) is 11.6 Å². The van der Waals surface area contributed by atoms with Gasteiger partial charge in [-0.15, -0.1) is 0 Å². The van der Waals surface area contributed by atoms with Gasteiger partial charge in [0.15, 0.2) is 0 Å². The smallest absolute Gasteiger partial charge is 0.149 e. The van der Waals surface area contributed by atoms with Crippen molar-refractivity contribution in [3.8, 4) is 67.5 Å². The van der Waals surface area contributed by atoms with E-state index in [9.17, 15) is 7.85 Å². The molecule has 0 bridgehead atoms. The van der Waals surface area contributed by atoms with E-state index in [0.717, 1.165) is 55.7 Å². The minimum atomic E-state index is -3.81. The fourth-order valence-corrected chi connectivity index (χ4v) is 8.71. The average Bonchev–Trinajstić information content (AvgIpc) is 3.88. The van der Waals surface area contributed by atoms with Crippen molar-refractivity contribution < 1.29 is 22.9 Å². The molecule has 68 heavy (non-hydrogen) atoms. The fourth-order valence-electron chi connectivity index (χ4n) is 8.71. The summed E-state index contributed by atoms with van der Waals surface area (Å²) in [6, 6.07) is 30.9. The molecule has 0 aliphatic heterocycles. The molecule has 0 amide bonds. The Bertz CT molecular complexity index is 3670. The second kappa shape index (κ2) is 17.7. The molecule has 0 saturated heterocycles. The van der Waals surface area contributed by atoms with E-state index < -0.39 is 61.1 Å². The summed E-state index contributed by atoms with van der Waals surface area (Å²) in [4.78, 5) is 10.4. The van der Waals surface area contributed by atoms with Crippen molar-refractivity contribution in [2.45, 2.75) is 144 Å². The number of hydrogen-bond donors (Lipinski definition) is 1. The van der Waals surface area contributed by atoms with Crippen molar-refractivity contribution in [2.75, 3.05) is 0 Å². The normalized spacial score (nSPS) is 16.1. The number of hydrogen-bond acceptors (Lipinski definition) is 3. The highest BCUT2D eigenvalue weighted by Gasteiger charge is 2.27. The first kappa shape index (κ1) is 34.1. The van der Waals surface area contributed by atoms with Gasteiger partial charge >= 0.3 is 0 Å². The van der Waals surface area contributed by atoms with Crippen molar-refractivity contribution in [1.82, 2.24) is 14.5 Å². The lowest BCUT2D eigenvalue weighted by molar-refractivity contribution is 0.466. The van der Waals surface area contributed by atoms with Gasteiger partial charge in [0.25, 0.3) is 0 Å². The minimum Gasteiger partial charge on any atom is -0.507 e. The maximum atomic E-state index is 12.5. The van der Waals surface area contributed by atoms with Crippen molar-refractivity contribution in [3.63, 3.8) is 0 Å². The molecule has 0 atom stereocenters. The van der Waals surface area contributed by atoms with Gasteiger partial charge in [-0.05, 0) is 138 Å². The lowest BCUT2D eigenvalue weighted by Gasteiger charge is -2.24. The van der Waals surface area contributed by atoms with Gasteiger partial charge in [-0.25, -0.2) is 4.98 Å². The number of nitrogens with zero attached hydrogens (tertiary/aromatic N) is 3. The van der Waals surface area contributed by atoms with Crippen LogP contribution in [-0.4, -0.2) is 19.6 Å². The van der Waals surface area contributed by atoms with Gasteiger partial charge in [0.05, 0.1) is 33.5 Å². The van der Waals surface area contributed by atoms with Crippen LogP contribution in [0.2, 0.25) is 0 Å². The molecule has 4 heteroatoms. The highest BCUT2D eigenvalue weighted by molar-refractivity contribution is 5.98. The number of pyridine rings is 1. The zero-order valence-corrected chi connectivity index (χ0v) is 41.8. The highest BCUT2D eigenvalue weighted by Crippen LogP contribution is 2.45. The van der Waals surface area contributed by atoms with Crippen molar-refractivity contribution in [3.05, 3.63) is 167 Å². The molecule has 0 spiro atoms. The Hall–Kier alpha value is -6.26. The quantitative estimate of drug-likeness (QED) is 0.165. The van der Waals surface area contributed by atoms with Crippen LogP contribution < -0.4 is 0 Å². The lowest BCUT2D eigenvalue weighted by atomic mass is 9.83. The van der Waals surface area contributed by atoms with Crippen LogP contribution >= 0.6 is 0 Å². The Morgan fingerprint density at radius 1 is 0.529 bits per heavy atom. The number of phenols is 1. The molecule has 0 saturated carbocycles. The molecular weight excluding hydrogens is 827 g/mol. The molecule has 2 aromatic heterocycles. The van der Waals surface area contributed by atoms with Gasteiger partial charge in [0.2, 0.25) is 0 Å². The lowest BCUT2D eigenvalue weighted by Crippen LogP contribution is -2.12. The molecule has 0 aliphatic carbocycles. The van der Waals surface area contributed by atoms with Gasteiger partial charge in [-0.3, -0.25) is 9.55 Å². The average molecular weight is 913 g/mol. The Morgan fingerprint density at radius 2 is 1.18 bits per heavy atom. The van der Waals surface area contributed by atoms with Gasteiger partial charge in [-0.1, -0.05) is 189 Å². The monoisotopic (exact) mass is 913 g/mol. The molecule has 350 valence electrons. The first-order chi connectivity index (χ1) is 37.2. The second-order valence-corrected chi connectivity index (χ2v) is 22.0. The zero-order chi connectivity index (χ0) is 60.2. The summed E-state index contributed by atoms with van der Waals surface area (Å²) in [6.45, 7) is 16.5. The summed E-state index contributed by atoms with van der Waals surface area (Å²) in [5.74, 6) is 0.837. The van der Waals surface area contributed by atoms with Crippen LogP contribution in [0, 0.1) is 0 Å². The van der Waals surface area contributed by atoms with E-state index in [1.54, 1.807) is 6.07 Å². The standard InChI is InChI=1S/C64H73N3O/c1-39(2)44-35-52(40(3)4)59(68)54(36-44)60-66-58-51(18-17-19-57(58)67(60)56-29-28-49(63(11,12)13)38-53(56)42-22-26-48(27-23-42)62(8,9)10)45-32-46(34-50(33-45)64(14,15)16)55-37-43(30-31-65-55)41-20-24-47(25-21-41)61(5,6)7/h17-40,68H,1-16H3/i5D3,6D3,7D3,20D,21D,24D,25D. The van der Waals surface area contributed by atoms with Gasteiger partial charge in [-0.2, -0.15) is 0 Å². The Kier molecular flexibility index (Phi) is 8.86. The predicted molar refractivity (Wildman–Crippen MR) is 291 cm³/mol. The highest BCUT2D eigenvalue weighted by atomic mass is 16.3. The van der Waals surface area contributed by atoms with E-state index in [2.05, 4.69) is 155 Å². The zero-order valence-electron chi connectivity index (χ0n) is 54.8. The molecule has 4 nitrogen and oxygen atoms in total. The fraction of sp³-hybridized carbons (Fsp3) is 0.344. The number of para-hydroxylation sites is 1. The Balaban J connectivity index is 1.42.